The molecule has 0 bridgehead atoms. The highest BCUT2D eigenvalue weighted by atomic mass is 32.1. The summed E-state index contributed by atoms with van der Waals surface area (Å²) in [6.45, 7) is 2.67. The van der Waals surface area contributed by atoms with Crippen LogP contribution in [-0.4, -0.2) is 60.2 Å². The Labute approximate surface area is 223 Å². The first kappa shape index (κ1) is 27.5. The molecule has 3 aromatic carbocycles. The zero-order chi connectivity index (χ0) is 26.9. The minimum absolute atomic E-state index is 0.114. The summed E-state index contributed by atoms with van der Waals surface area (Å²) in [5.41, 5.74) is -4.84. The zero-order valence-corrected chi connectivity index (χ0v) is 21.9. The lowest BCUT2D eigenvalue weighted by Crippen LogP contribution is -2.85. The van der Waals surface area contributed by atoms with Crippen LogP contribution in [0, 0.1) is 0 Å². The maximum absolute atomic E-state index is 12.8. The molecule has 0 amide bonds. The number of benzene rings is 3. The molecule has 6 atom stereocenters. The Hall–Kier alpha value is -2.52. The van der Waals surface area contributed by atoms with E-state index in [9.17, 15) is 25.2 Å². The fourth-order valence-corrected chi connectivity index (χ4v) is 5.88. The number of hydrogen-bond acceptors (Lipinski definition) is 7. The minimum atomic E-state index is -2.33. The Morgan fingerprint density at radius 2 is 1.16 bits per heavy atom. The van der Waals surface area contributed by atoms with Crippen molar-refractivity contribution in [2.75, 3.05) is 0 Å². The Kier molecular flexibility index (Phi) is 7.68. The van der Waals surface area contributed by atoms with Gasteiger partial charge in [-0.1, -0.05) is 91.0 Å². The number of Topliss-reactive ketones (excluding diaryl/α,β-unsaturated/α-hetero) is 1. The van der Waals surface area contributed by atoms with Crippen molar-refractivity contribution in [3.05, 3.63) is 108 Å². The molecule has 1 aliphatic rings. The van der Waals surface area contributed by atoms with E-state index in [1.54, 1.807) is 60.7 Å². The lowest BCUT2D eigenvalue weighted by Gasteiger charge is -2.64. The number of aliphatic hydroxyl groups excluding tert-OH is 1. The number of carbonyl (C=O) groups excluding carboxylic acids is 1. The van der Waals surface area contributed by atoms with Gasteiger partial charge in [0.05, 0.1) is 0 Å². The summed E-state index contributed by atoms with van der Waals surface area (Å²) in [4.78, 5) is 10.6. The predicted octanol–water partition coefficient (Wildman–Crippen LogP) is 2.90. The minimum Gasteiger partial charge on any atom is -0.384 e. The van der Waals surface area contributed by atoms with Gasteiger partial charge in [0.15, 0.2) is 5.78 Å². The van der Waals surface area contributed by atoms with E-state index >= 15 is 0 Å². The third kappa shape index (κ3) is 4.88. The average Bonchev–Trinajstić information content (AvgIpc) is 2.87. The molecule has 1 unspecified atom stereocenters. The van der Waals surface area contributed by atoms with Gasteiger partial charge in [0, 0.05) is 19.3 Å². The first-order chi connectivity index (χ1) is 17.4. The number of ketones is 1. The van der Waals surface area contributed by atoms with Crippen molar-refractivity contribution in [2.24, 2.45) is 0 Å². The van der Waals surface area contributed by atoms with E-state index in [2.05, 4.69) is 12.6 Å². The highest BCUT2D eigenvalue weighted by Crippen LogP contribution is 2.55. The van der Waals surface area contributed by atoms with E-state index in [1.807, 2.05) is 30.3 Å². The van der Waals surface area contributed by atoms with Crippen molar-refractivity contribution < 1.29 is 30.0 Å². The van der Waals surface area contributed by atoms with Crippen molar-refractivity contribution >= 4 is 18.4 Å². The molecule has 0 aliphatic carbocycles. The first-order valence-electron chi connectivity index (χ1n) is 12.3. The Morgan fingerprint density at radius 3 is 1.57 bits per heavy atom. The van der Waals surface area contributed by atoms with Crippen LogP contribution in [0.15, 0.2) is 91.0 Å². The fraction of sp³-hybridized carbons (Fsp3) is 0.367. The van der Waals surface area contributed by atoms with Crippen molar-refractivity contribution in [3.63, 3.8) is 0 Å². The second kappa shape index (κ2) is 10.3. The molecular weight excluding hydrogens is 488 g/mol. The van der Waals surface area contributed by atoms with Gasteiger partial charge in [-0.25, -0.2) is 0 Å². The highest BCUT2D eigenvalue weighted by molar-refractivity contribution is 7.81. The number of aliphatic hydroxyl groups is 4. The van der Waals surface area contributed by atoms with Crippen molar-refractivity contribution in [2.45, 2.75) is 67.1 Å². The molecule has 0 saturated carbocycles. The first-order valence-corrected chi connectivity index (χ1v) is 12.8. The highest BCUT2D eigenvalue weighted by Gasteiger charge is 2.75. The number of ether oxygens (including phenoxy) is 1. The van der Waals surface area contributed by atoms with Crippen LogP contribution in [0.25, 0.3) is 0 Å². The van der Waals surface area contributed by atoms with Gasteiger partial charge in [-0.3, -0.25) is 4.79 Å². The van der Waals surface area contributed by atoms with E-state index in [-0.39, 0.29) is 19.3 Å². The quantitative estimate of drug-likeness (QED) is 0.291. The molecule has 6 nitrogen and oxygen atoms in total. The monoisotopic (exact) mass is 522 g/mol. The number of hydrogen-bond donors (Lipinski definition) is 5. The lowest BCUT2D eigenvalue weighted by atomic mass is 9.57. The summed E-state index contributed by atoms with van der Waals surface area (Å²) in [6.07, 6.45) is -3.87. The molecule has 1 saturated heterocycles. The van der Waals surface area contributed by atoms with E-state index in [1.165, 1.54) is 13.8 Å². The molecule has 0 aromatic heterocycles. The lowest BCUT2D eigenvalue weighted by molar-refractivity contribution is -0.369. The molecule has 4 N–H and O–H groups in total. The number of rotatable bonds is 8. The predicted molar refractivity (Wildman–Crippen MR) is 144 cm³/mol. The van der Waals surface area contributed by atoms with E-state index in [4.69, 9.17) is 4.74 Å². The largest absolute Gasteiger partial charge is 0.384 e. The molecule has 1 fully saturated rings. The van der Waals surface area contributed by atoms with Crippen molar-refractivity contribution in [1.29, 1.82) is 0 Å². The second-order valence-corrected chi connectivity index (χ2v) is 11.1. The van der Waals surface area contributed by atoms with Crippen molar-refractivity contribution in [1.82, 2.24) is 0 Å². The molecule has 1 heterocycles. The number of thiol groups is 1. The van der Waals surface area contributed by atoms with E-state index in [0.29, 0.717) is 16.7 Å². The van der Waals surface area contributed by atoms with Crippen LogP contribution in [0.5, 0.6) is 0 Å². The number of carbonyl (C=O) groups is 1. The smallest absolute Gasteiger partial charge is 0.161 e. The molecule has 4 rings (SSSR count). The third-order valence-electron chi connectivity index (χ3n) is 7.62. The SMILES string of the molecule is CC(=O)C(O)[C@H]1O[C@](C)(S)[C@](O)(Cc2ccccc2)[C@](O)(Cc2ccccc2)[C@@]1(O)Cc1ccccc1. The van der Waals surface area contributed by atoms with E-state index < -0.39 is 39.7 Å². The second-order valence-electron chi connectivity index (χ2n) is 10.2. The summed E-state index contributed by atoms with van der Waals surface area (Å²) < 4.78 is 6.14. The van der Waals surface area contributed by atoms with Gasteiger partial charge < -0.3 is 25.2 Å². The zero-order valence-electron chi connectivity index (χ0n) is 21.0. The molecule has 1 aliphatic heterocycles. The molecule has 37 heavy (non-hydrogen) atoms. The summed E-state index contributed by atoms with van der Waals surface area (Å²) in [5.74, 6) is -0.642. The molecule has 7 heteroatoms. The molecule has 3 aromatic rings. The van der Waals surface area contributed by atoms with Crippen LogP contribution in [0.4, 0.5) is 0 Å². The Bertz CT molecular complexity index is 1200. The van der Waals surface area contributed by atoms with Gasteiger partial charge in [-0.15, -0.1) is 12.6 Å². The van der Waals surface area contributed by atoms with Gasteiger partial charge in [-0.05, 0) is 30.5 Å². The Morgan fingerprint density at radius 1 is 0.784 bits per heavy atom. The summed E-state index contributed by atoms with van der Waals surface area (Å²) >= 11 is 4.67. The van der Waals surface area contributed by atoms with Crippen LogP contribution >= 0.6 is 12.6 Å². The maximum Gasteiger partial charge on any atom is 0.161 e. The van der Waals surface area contributed by atoms with Crippen LogP contribution in [0.3, 0.4) is 0 Å². The fourth-order valence-electron chi connectivity index (χ4n) is 5.50. The maximum atomic E-state index is 12.8. The van der Waals surface area contributed by atoms with Gasteiger partial charge >= 0.3 is 0 Å². The standard InChI is InChI=1S/C30H34O6S/c1-21(31)25(32)26-28(33,18-22-12-6-3-7-13-22)30(35,20-24-16-10-5-11-17-24)29(34,27(2,37)36-26)19-23-14-8-4-9-15-23/h3-17,25-26,32-35,37H,18-20H2,1-2H3/t25?,26-,27-,28-,29-,30+/m1/s1. The normalized spacial score (nSPS) is 32.6. The topological polar surface area (TPSA) is 107 Å². The summed E-state index contributed by atoms with van der Waals surface area (Å²) in [5, 5.41) is 48.8. The molecular formula is C30H34O6S. The van der Waals surface area contributed by atoms with Gasteiger partial charge in [0.1, 0.15) is 33.9 Å². The Balaban J connectivity index is 1.97. The van der Waals surface area contributed by atoms with Crippen LogP contribution < -0.4 is 0 Å². The van der Waals surface area contributed by atoms with Crippen LogP contribution in [0.2, 0.25) is 0 Å². The van der Waals surface area contributed by atoms with Gasteiger partial charge in [0.25, 0.3) is 0 Å². The van der Waals surface area contributed by atoms with Crippen LogP contribution in [0.1, 0.15) is 30.5 Å². The van der Waals surface area contributed by atoms with Crippen molar-refractivity contribution in [3.8, 4) is 0 Å². The third-order valence-corrected chi connectivity index (χ3v) is 8.10. The summed E-state index contributed by atoms with van der Waals surface area (Å²) in [7, 11) is 0. The average molecular weight is 523 g/mol. The summed E-state index contributed by atoms with van der Waals surface area (Å²) in [6, 6.07) is 27.0. The molecule has 0 radical (unpaired) electrons. The molecule has 0 spiro atoms. The van der Waals surface area contributed by atoms with Gasteiger partial charge in [0.2, 0.25) is 0 Å². The van der Waals surface area contributed by atoms with Crippen LogP contribution in [-0.2, 0) is 28.8 Å². The van der Waals surface area contributed by atoms with Gasteiger partial charge in [-0.2, -0.15) is 0 Å². The van der Waals surface area contributed by atoms with E-state index in [0.717, 1.165) is 0 Å². The molecule has 196 valence electrons.